The van der Waals surface area contributed by atoms with Crippen molar-refractivity contribution in [1.82, 2.24) is 10.6 Å². The summed E-state index contributed by atoms with van der Waals surface area (Å²) in [4.78, 5) is 23.3. The Morgan fingerprint density at radius 1 is 1.28 bits per heavy atom. The van der Waals surface area contributed by atoms with E-state index in [4.69, 9.17) is 11.1 Å². The second kappa shape index (κ2) is 9.60. The number of carbonyl (C=O) groups is 2. The van der Waals surface area contributed by atoms with E-state index in [9.17, 15) is 19.8 Å². The molecule has 1 aliphatic carbocycles. The molecule has 0 saturated heterocycles. The summed E-state index contributed by atoms with van der Waals surface area (Å²) in [6.07, 6.45) is 2.65. The fraction of sp³-hybridized carbons (Fsp3) is 0.824. The van der Waals surface area contributed by atoms with Crippen molar-refractivity contribution in [2.24, 2.45) is 23.5 Å². The van der Waals surface area contributed by atoms with Gasteiger partial charge in [0.05, 0.1) is 12.0 Å². The number of aliphatic carboxylic acids is 1. The number of carboxylic acids is 1. The average molecular weight is 356 g/mol. The minimum absolute atomic E-state index is 0.127. The zero-order valence-corrected chi connectivity index (χ0v) is 15.3. The maximum atomic E-state index is 11.8. The maximum Gasteiger partial charge on any atom is 0.309 e. The first kappa shape index (κ1) is 21.2. The Bertz CT molecular complexity index is 479. The Morgan fingerprint density at radius 2 is 1.84 bits per heavy atom. The van der Waals surface area contributed by atoms with E-state index >= 15 is 0 Å². The number of aliphatic hydroxyl groups excluding tert-OH is 1. The van der Waals surface area contributed by atoms with Crippen LogP contribution in [0.1, 0.15) is 52.9 Å². The zero-order valence-electron chi connectivity index (χ0n) is 15.3. The number of amides is 1. The van der Waals surface area contributed by atoms with Crippen LogP contribution in [0.4, 0.5) is 0 Å². The highest BCUT2D eigenvalue weighted by Crippen LogP contribution is 2.38. The highest BCUT2D eigenvalue weighted by Gasteiger charge is 2.50. The molecule has 0 spiro atoms. The van der Waals surface area contributed by atoms with Crippen LogP contribution in [-0.2, 0) is 9.59 Å². The third-order valence-electron chi connectivity index (χ3n) is 5.05. The molecule has 8 heteroatoms. The quantitative estimate of drug-likeness (QED) is 0.264. The summed E-state index contributed by atoms with van der Waals surface area (Å²) >= 11 is 0. The van der Waals surface area contributed by atoms with E-state index in [-0.39, 0.29) is 30.2 Å². The average Bonchev–Trinajstić information content (AvgIpc) is 2.80. The van der Waals surface area contributed by atoms with E-state index in [0.29, 0.717) is 0 Å². The predicted octanol–water partition coefficient (Wildman–Crippen LogP) is 0.641. The number of aliphatic hydroxyl groups is 1. The Balaban J connectivity index is 3.21. The van der Waals surface area contributed by atoms with Crippen LogP contribution in [0.15, 0.2) is 0 Å². The largest absolute Gasteiger partial charge is 0.481 e. The standard InChI is InChI=1S/C17H32N4O4/c1-4-6-10(7-5-2)14(20-9(3)22)13-12(21-17(18)19)8-11(15(13)23)16(24)25/h10-15,23H,4-8H2,1-3H3,(H,20,22)(H,24,25)(H4,18,19,21)/t11-,12+,13?,14?,15+/m0/s1. The van der Waals surface area contributed by atoms with Crippen LogP contribution in [0, 0.1) is 23.2 Å². The highest BCUT2D eigenvalue weighted by molar-refractivity contribution is 5.76. The second-order valence-corrected chi connectivity index (χ2v) is 6.98. The van der Waals surface area contributed by atoms with Gasteiger partial charge in [-0.3, -0.25) is 15.0 Å². The van der Waals surface area contributed by atoms with Crippen LogP contribution in [-0.4, -0.2) is 46.2 Å². The van der Waals surface area contributed by atoms with Crippen LogP contribution in [0.2, 0.25) is 0 Å². The van der Waals surface area contributed by atoms with E-state index in [1.165, 1.54) is 6.92 Å². The molecule has 25 heavy (non-hydrogen) atoms. The molecule has 0 heterocycles. The molecule has 0 aliphatic heterocycles. The van der Waals surface area contributed by atoms with Crippen molar-refractivity contribution < 1.29 is 19.8 Å². The SMILES string of the molecule is CCCC(CCC)C(NC(C)=O)C1[C@H](NC(=N)N)C[C@H](C(=O)O)[C@H]1O. The van der Waals surface area contributed by atoms with Gasteiger partial charge in [-0.05, 0) is 25.2 Å². The van der Waals surface area contributed by atoms with Crippen LogP contribution >= 0.6 is 0 Å². The number of nitrogens with two attached hydrogens (primary N) is 1. The van der Waals surface area contributed by atoms with Gasteiger partial charge in [-0.1, -0.05) is 26.7 Å². The van der Waals surface area contributed by atoms with Gasteiger partial charge in [0.15, 0.2) is 5.96 Å². The lowest BCUT2D eigenvalue weighted by atomic mass is 9.79. The first-order valence-corrected chi connectivity index (χ1v) is 9.01. The molecule has 2 unspecified atom stereocenters. The van der Waals surface area contributed by atoms with E-state index in [1.807, 2.05) is 0 Å². The number of rotatable bonds is 9. The molecule has 1 rings (SSSR count). The van der Waals surface area contributed by atoms with Gasteiger partial charge in [0, 0.05) is 24.9 Å². The Kier molecular flexibility index (Phi) is 8.15. The number of guanidine groups is 1. The van der Waals surface area contributed by atoms with Gasteiger partial charge in [-0.2, -0.15) is 0 Å². The number of carbonyl (C=O) groups excluding carboxylic acids is 1. The van der Waals surface area contributed by atoms with Crippen LogP contribution < -0.4 is 16.4 Å². The van der Waals surface area contributed by atoms with Crippen molar-refractivity contribution in [2.45, 2.75) is 71.1 Å². The molecule has 0 bridgehead atoms. The van der Waals surface area contributed by atoms with Gasteiger partial charge < -0.3 is 26.6 Å². The van der Waals surface area contributed by atoms with Crippen molar-refractivity contribution >= 4 is 17.8 Å². The zero-order chi connectivity index (χ0) is 19.1. The summed E-state index contributed by atoms with van der Waals surface area (Å²) in [5.74, 6) is -2.89. The minimum Gasteiger partial charge on any atom is -0.481 e. The molecule has 1 fully saturated rings. The van der Waals surface area contributed by atoms with Gasteiger partial charge in [-0.15, -0.1) is 0 Å². The molecule has 0 aromatic rings. The lowest BCUT2D eigenvalue weighted by molar-refractivity contribution is -0.145. The highest BCUT2D eigenvalue weighted by atomic mass is 16.4. The second-order valence-electron chi connectivity index (χ2n) is 6.98. The van der Waals surface area contributed by atoms with E-state index in [2.05, 4.69) is 24.5 Å². The Morgan fingerprint density at radius 3 is 2.24 bits per heavy atom. The normalized spacial score (nSPS) is 27.1. The summed E-state index contributed by atoms with van der Waals surface area (Å²) < 4.78 is 0. The summed E-state index contributed by atoms with van der Waals surface area (Å²) in [6, 6.07) is -0.838. The number of nitrogens with one attached hydrogen (secondary N) is 3. The fourth-order valence-corrected chi connectivity index (χ4v) is 4.15. The molecule has 1 saturated carbocycles. The maximum absolute atomic E-state index is 11.8. The van der Waals surface area contributed by atoms with Gasteiger partial charge in [0.2, 0.25) is 5.91 Å². The van der Waals surface area contributed by atoms with Gasteiger partial charge in [-0.25, -0.2) is 0 Å². The molecule has 0 aromatic carbocycles. The molecule has 7 N–H and O–H groups in total. The smallest absolute Gasteiger partial charge is 0.309 e. The molecule has 1 amide bonds. The first-order valence-electron chi connectivity index (χ1n) is 9.01. The number of carboxylic acid groups (broad SMARTS) is 1. The third-order valence-corrected chi connectivity index (χ3v) is 5.05. The fourth-order valence-electron chi connectivity index (χ4n) is 4.15. The molecule has 144 valence electrons. The molecular formula is C17H32N4O4. The molecule has 0 aromatic heterocycles. The van der Waals surface area contributed by atoms with Crippen molar-refractivity contribution in [3.63, 3.8) is 0 Å². The number of hydrogen-bond donors (Lipinski definition) is 6. The van der Waals surface area contributed by atoms with Crippen molar-refractivity contribution in [3.05, 3.63) is 0 Å². The molecule has 5 atom stereocenters. The summed E-state index contributed by atoms with van der Waals surface area (Å²) in [7, 11) is 0. The lowest BCUT2D eigenvalue weighted by Crippen LogP contribution is -2.55. The number of hydrogen-bond acceptors (Lipinski definition) is 4. The van der Waals surface area contributed by atoms with Gasteiger partial charge in [0.1, 0.15) is 0 Å². The van der Waals surface area contributed by atoms with Crippen LogP contribution in [0.5, 0.6) is 0 Å². The monoisotopic (exact) mass is 356 g/mol. The van der Waals surface area contributed by atoms with E-state index < -0.39 is 30.0 Å². The van der Waals surface area contributed by atoms with E-state index in [1.54, 1.807) is 0 Å². The van der Waals surface area contributed by atoms with Crippen LogP contribution in [0.25, 0.3) is 0 Å². The Hall–Kier alpha value is -1.83. The van der Waals surface area contributed by atoms with Gasteiger partial charge in [0.25, 0.3) is 0 Å². The summed E-state index contributed by atoms with van der Waals surface area (Å²) in [5.41, 5.74) is 5.45. The van der Waals surface area contributed by atoms with Crippen molar-refractivity contribution in [3.8, 4) is 0 Å². The molecule has 0 radical (unpaired) electrons. The van der Waals surface area contributed by atoms with Crippen LogP contribution in [0.3, 0.4) is 0 Å². The van der Waals surface area contributed by atoms with Crippen molar-refractivity contribution in [2.75, 3.05) is 0 Å². The van der Waals surface area contributed by atoms with Gasteiger partial charge >= 0.3 is 5.97 Å². The molecular weight excluding hydrogens is 324 g/mol. The summed E-state index contributed by atoms with van der Waals surface area (Å²) in [5, 5.41) is 33.3. The molecule has 1 aliphatic rings. The molecule has 8 nitrogen and oxygen atoms in total. The Labute approximate surface area is 149 Å². The minimum atomic E-state index is -1.11. The topological polar surface area (TPSA) is 149 Å². The lowest BCUT2D eigenvalue weighted by Gasteiger charge is -2.37. The predicted molar refractivity (Wildman–Crippen MR) is 95.0 cm³/mol. The first-order chi connectivity index (χ1) is 11.7. The third kappa shape index (κ3) is 5.59. The summed E-state index contributed by atoms with van der Waals surface area (Å²) in [6.45, 7) is 5.54. The van der Waals surface area contributed by atoms with Crippen molar-refractivity contribution in [1.29, 1.82) is 5.41 Å². The van der Waals surface area contributed by atoms with E-state index in [0.717, 1.165) is 25.7 Å².